The Morgan fingerprint density at radius 3 is 2.37 bits per heavy atom. The van der Waals surface area contributed by atoms with Crippen LogP contribution < -0.4 is 20.5 Å². The van der Waals surface area contributed by atoms with Crippen LogP contribution in [0.2, 0.25) is 0 Å². The summed E-state index contributed by atoms with van der Waals surface area (Å²) in [6.07, 6.45) is -7.64. The number of carboxylic acids is 1. The van der Waals surface area contributed by atoms with Gasteiger partial charge in [0.1, 0.15) is 17.1 Å². The molecule has 5 atom stereocenters. The highest BCUT2D eigenvalue weighted by atomic mass is 19.4. The van der Waals surface area contributed by atoms with Crippen LogP contribution in [0.5, 0.6) is 11.5 Å². The Kier molecular flexibility index (Phi) is 10.8. The first-order chi connectivity index (χ1) is 21.1. The molecule has 11 nitrogen and oxygen atoms in total. The number of aliphatic carboxylic acids is 1. The molecule has 46 heavy (non-hydrogen) atoms. The van der Waals surface area contributed by atoms with E-state index in [1.54, 1.807) is 7.11 Å². The number of fused-ring (bicyclic) bond motifs is 1. The standard InChI is InChI=1S/C27H37F3N4O5.C2HF3O2/c1-6-26(4)14-22(35)34(24(31)33-26)20(9-10-37-5)16-12-17(16)23(36)32-19-13-25(2,3)39-21-8-7-15(11-18(19)21)38-27(28,29)30;3-2(4,5)1(6)7/h7-8,11,16-17,19-20H,6,9-10,12-14H2,1-5H3,(H2,31,33)(H,32,36);(H,6,7)/t16-,17-,19?,20-,26-;/m1./s1. The molecule has 2 amide bonds. The van der Waals surface area contributed by atoms with E-state index in [9.17, 15) is 35.9 Å². The number of methoxy groups -OCH3 is 1. The van der Waals surface area contributed by atoms with Crippen LogP contribution in [-0.4, -0.2) is 77.2 Å². The van der Waals surface area contributed by atoms with E-state index in [2.05, 4.69) is 15.0 Å². The van der Waals surface area contributed by atoms with Gasteiger partial charge in [0.05, 0.1) is 18.0 Å². The molecule has 4 N–H and O–H groups in total. The van der Waals surface area contributed by atoms with Crippen molar-refractivity contribution in [1.82, 2.24) is 10.2 Å². The van der Waals surface area contributed by atoms with Gasteiger partial charge in [-0.05, 0) is 64.2 Å². The van der Waals surface area contributed by atoms with Crippen LogP contribution in [0, 0.1) is 11.8 Å². The lowest BCUT2D eigenvalue weighted by Crippen LogP contribution is -2.56. The predicted octanol–water partition coefficient (Wildman–Crippen LogP) is 4.69. The molecule has 17 heteroatoms. The molecule has 0 spiro atoms. The minimum atomic E-state index is -5.08. The Hall–Kier alpha value is -3.76. The van der Waals surface area contributed by atoms with Crippen LogP contribution >= 0.6 is 0 Å². The SMILES string of the molecule is CC[C@]1(C)CC(=O)N([C@H](CCOC)[C@@H]2C[C@H]2C(=O)NC2CC(C)(C)Oc3ccc(OC(F)(F)F)cc32)C(N)=N1.O=C(O)C(F)(F)F. The summed E-state index contributed by atoms with van der Waals surface area (Å²) < 4.78 is 85.5. The number of rotatable bonds is 9. The molecular weight excluding hydrogens is 630 g/mol. The lowest BCUT2D eigenvalue weighted by atomic mass is 9.89. The van der Waals surface area contributed by atoms with Crippen molar-refractivity contribution in [3.8, 4) is 11.5 Å². The lowest BCUT2D eigenvalue weighted by Gasteiger charge is -2.39. The number of carbonyl (C=O) groups excluding carboxylic acids is 2. The second-order valence-corrected chi connectivity index (χ2v) is 12.3. The fourth-order valence-electron chi connectivity index (χ4n) is 5.62. The summed E-state index contributed by atoms with van der Waals surface area (Å²) in [5.74, 6) is -3.52. The molecule has 1 aliphatic carbocycles. The minimum absolute atomic E-state index is 0.128. The Morgan fingerprint density at radius 1 is 1.22 bits per heavy atom. The number of guanidine groups is 1. The van der Waals surface area contributed by atoms with Crippen LogP contribution in [-0.2, 0) is 19.1 Å². The quantitative estimate of drug-likeness (QED) is 0.321. The van der Waals surface area contributed by atoms with E-state index in [1.807, 2.05) is 27.7 Å². The number of benzene rings is 1. The smallest absolute Gasteiger partial charge is 0.487 e. The van der Waals surface area contributed by atoms with Crippen molar-refractivity contribution in [1.29, 1.82) is 0 Å². The third-order valence-corrected chi connectivity index (χ3v) is 8.05. The van der Waals surface area contributed by atoms with Crippen molar-refractivity contribution in [3.05, 3.63) is 23.8 Å². The molecule has 0 aromatic heterocycles. The van der Waals surface area contributed by atoms with Gasteiger partial charge in [-0.25, -0.2) is 9.79 Å². The van der Waals surface area contributed by atoms with E-state index in [1.165, 1.54) is 23.1 Å². The fourth-order valence-corrected chi connectivity index (χ4v) is 5.62. The van der Waals surface area contributed by atoms with Gasteiger partial charge in [0.2, 0.25) is 11.8 Å². The molecule has 1 aromatic rings. The molecule has 0 radical (unpaired) electrons. The molecule has 1 fully saturated rings. The summed E-state index contributed by atoms with van der Waals surface area (Å²) in [5, 5.41) is 10.1. The zero-order chi connectivity index (χ0) is 34.8. The summed E-state index contributed by atoms with van der Waals surface area (Å²) in [4.78, 5) is 41.6. The first-order valence-electron chi connectivity index (χ1n) is 14.4. The number of carboxylic acid groups (broad SMARTS) is 1. The highest BCUT2D eigenvalue weighted by Crippen LogP contribution is 2.47. The maximum absolute atomic E-state index is 13.4. The number of amides is 2. The Labute approximate surface area is 261 Å². The van der Waals surface area contributed by atoms with Gasteiger partial charge in [-0.1, -0.05) is 6.92 Å². The van der Waals surface area contributed by atoms with Gasteiger partial charge in [0.25, 0.3) is 0 Å². The number of nitrogens with zero attached hydrogens (tertiary/aromatic N) is 2. The summed E-state index contributed by atoms with van der Waals surface area (Å²) >= 11 is 0. The third-order valence-electron chi connectivity index (χ3n) is 8.05. The number of alkyl halides is 6. The van der Waals surface area contributed by atoms with Gasteiger partial charge >= 0.3 is 18.5 Å². The molecule has 1 unspecified atom stereocenters. The highest BCUT2D eigenvalue weighted by Gasteiger charge is 2.53. The van der Waals surface area contributed by atoms with E-state index in [-0.39, 0.29) is 41.9 Å². The number of halogens is 6. The predicted molar refractivity (Wildman–Crippen MR) is 151 cm³/mol. The van der Waals surface area contributed by atoms with Gasteiger partial charge in [0.15, 0.2) is 5.96 Å². The van der Waals surface area contributed by atoms with E-state index >= 15 is 0 Å². The largest absolute Gasteiger partial charge is 0.573 e. The lowest BCUT2D eigenvalue weighted by molar-refractivity contribution is -0.274. The Bertz CT molecular complexity index is 1340. The molecule has 0 bridgehead atoms. The van der Waals surface area contributed by atoms with Crippen molar-refractivity contribution in [2.24, 2.45) is 22.6 Å². The zero-order valence-electron chi connectivity index (χ0n) is 25.9. The minimum Gasteiger partial charge on any atom is -0.487 e. The van der Waals surface area contributed by atoms with Crippen LogP contribution in [0.4, 0.5) is 26.3 Å². The fraction of sp³-hybridized carbons (Fsp3) is 0.655. The van der Waals surface area contributed by atoms with E-state index < -0.39 is 41.6 Å². The number of ether oxygens (including phenoxy) is 3. The van der Waals surface area contributed by atoms with Crippen molar-refractivity contribution >= 4 is 23.7 Å². The average molecular weight is 669 g/mol. The number of hydrogen-bond donors (Lipinski definition) is 3. The highest BCUT2D eigenvalue weighted by molar-refractivity contribution is 5.99. The Balaban J connectivity index is 0.000000738. The Morgan fingerprint density at radius 2 is 1.85 bits per heavy atom. The van der Waals surface area contributed by atoms with Gasteiger partial charge in [0, 0.05) is 37.7 Å². The van der Waals surface area contributed by atoms with Crippen molar-refractivity contribution < 1.29 is 60.0 Å². The topological polar surface area (TPSA) is 153 Å². The van der Waals surface area contributed by atoms with E-state index in [0.29, 0.717) is 43.6 Å². The summed E-state index contributed by atoms with van der Waals surface area (Å²) in [7, 11) is 1.57. The second kappa shape index (κ2) is 13.5. The van der Waals surface area contributed by atoms with Gasteiger partial charge < -0.3 is 30.4 Å². The third kappa shape index (κ3) is 9.39. The molecule has 0 saturated heterocycles. The molecule has 2 aliphatic heterocycles. The van der Waals surface area contributed by atoms with E-state index in [4.69, 9.17) is 25.1 Å². The summed E-state index contributed by atoms with van der Waals surface area (Å²) in [5.41, 5.74) is 5.49. The number of hydrogen-bond acceptors (Lipinski definition) is 8. The summed E-state index contributed by atoms with van der Waals surface area (Å²) in [6, 6.07) is 2.92. The second-order valence-electron chi connectivity index (χ2n) is 12.3. The molecule has 1 aromatic carbocycles. The number of carbonyl (C=O) groups is 3. The molecule has 258 valence electrons. The molecule has 1 saturated carbocycles. The molecule has 3 aliphatic rings. The van der Waals surface area contributed by atoms with Gasteiger partial charge in [-0.2, -0.15) is 13.2 Å². The first-order valence-corrected chi connectivity index (χ1v) is 14.4. The first kappa shape index (κ1) is 36.7. The number of nitrogens with two attached hydrogens (primary N) is 1. The normalized spacial score (nSPS) is 26.0. The molecule has 4 rings (SSSR count). The summed E-state index contributed by atoms with van der Waals surface area (Å²) in [6.45, 7) is 7.93. The average Bonchev–Trinajstić information content (AvgIpc) is 3.70. The zero-order valence-corrected chi connectivity index (χ0v) is 25.9. The number of nitrogens with one attached hydrogen (secondary N) is 1. The molecular formula is C29H38F6N4O7. The van der Waals surface area contributed by atoms with Crippen LogP contribution in [0.3, 0.4) is 0 Å². The monoisotopic (exact) mass is 668 g/mol. The van der Waals surface area contributed by atoms with Crippen molar-refractivity contribution in [2.45, 2.75) is 95.6 Å². The number of aliphatic imine (C=N–C) groups is 1. The maximum Gasteiger partial charge on any atom is 0.573 e. The van der Waals surface area contributed by atoms with Crippen molar-refractivity contribution in [3.63, 3.8) is 0 Å². The van der Waals surface area contributed by atoms with E-state index in [0.717, 1.165) is 0 Å². The maximum atomic E-state index is 13.4. The molecule has 2 heterocycles. The van der Waals surface area contributed by atoms with Gasteiger partial charge in [-0.15, -0.1) is 13.2 Å². The van der Waals surface area contributed by atoms with Crippen LogP contribution in [0.15, 0.2) is 23.2 Å². The van der Waals surface area contributed by atoms with Crippen LogP contribution in [0.1, 0.15) is 71.4 Å². The van der Waals surface area contributed by atoms with Gasteiger partial charge in [-0.3, -0.25) is 14.5 Å². The van der Waals surface area contributed by atoms with Crippen LogP contribution in [0.25, 0.3) is 0 Å². The van der Waals surface area contributed by atoms with Crippen molar-refractivity contribution in [2.75, 3.05) is 13.7 Å².